The smallest absolute Gasteiger partial charge is 0.329 e. The zero-order chi connectivity index (χ0) is 46.3. The molecule has 2 saturated carbocycles. The average molecular weight is 924 g/mol. The lowest BCUT2D eigenvalue weighted by atomic mass is 9.60. The van der Waals surface area contributed by atoms with E-state index in [1.807, 2.05) is 12.1 Å². The van der Waals surface area contributed by atoms with Gasteiger partial charge < -0.3 is 14.5 Å². The molecule has 3 amide bonds. The molecule has 5 aliphatic rings. The first kappa shape index (κ1) is 43.7. The van der Waals surface area contributed by atoms with Crippen molar-refractivity contribution in [2.45, 2.75) is 76.8 Å². The van der Waals surface area contributed by atoms with E-state index < -0.39 is 27.8 Å². The minimum Gasteiger partial charge on any atom is -0.453 e. The molecule has 0 bridgehead atoms. The van der Waals surface area contributed by atoms with Crippen molar-refractivity contribution in [2.24, 2.45) is 17.9 Å². The van der Waals surface area contributed by atoms with Crippen molar-refractivity contribution in [3.8, 4) is 17.6 Å². The highest BCUT2D eigenvalue weighted by Gasteiger charge is 2.50. The number of nitrogens with zero attached hydrogens (tertiary/aromatic N) is 9. The molecule has 5 aromatic rings. The predicted molar refractivity (Wildman–Crippen MR) is 243 cm³/mol. The molecule has 17 nitrogen and oxygen atoms in total. The number of nitriles is 1. The Morgan fingerprint density at radius 1 is 0.955 bits per heavy atom. The number of hydrogen-bond acceptors (Lipinski definition) is 11. The third kappa shape index (κ3) is 7.59. The van der Waals surface area contributed by atoms with Crippen LogP contribution in [0.15, 0.2) is 53.6 Å². The Morgan fingerprint density at radius 2 is 1.70 bits per heavy atom. The fourth-order valence-electron chi connectivity index (χ4n) is 11.0. The molecular weight excluding hydrogens is 873 g/mol. The minimum absolute atomic E-state index is 0.0104. The molecular formula is C46H51F2N11O6S. The van der Waals surface area contributed by atoms with E-state index in [1.165, 1.54) is 30.1 Å². The first-order valence-electron chi connectivity index (χ1n) is 22.5. The monoisotopic (exact) mass is 923 g/mol. The van der Waals surface area contributed by atoms with Gasteiger partial charge in [0.25, 0.3) is 5.56 Å². The number of carbonyl (C=O) groups is 2. The number of fused-ring (bicyclic) bond motifs is 2. The number of amides is 3. The highest BCUT2D eigenvalue weighted by atomic mass is 32.2. The molecule has 0 radical (unpaired) electrons. The van der Waals surface area contributed by atoms with Crippen LogP contribution in [0.1, 0.15) is 76.3 Å². The molecule has 0 unspecified atom stereocenters. The fraction of sp³-hybridized carbons (Fsp3) is 0.478. The molecule has 3 aliphatic heterocycles. The molecule has 0 atom stereocenters. The molecule has 66 heavy (non-hydrogen) atoms. The number of aryl methyl sites for hydroxylation is 1. The van der Waals surface area contributed by atoms with Gasteiger partial charge in [-0.1, -0.05) is 6.92 Å². The van der Waals surface area contributed by atoms with E-state index in [2.05, 4.69) is 29.9 Å². The van der Waals surface area contributed by atoms with Gasteiger partial charge in [0, 0.05) is 69.6 Å². The molecule has 3 aromatic carbocycles. The third-order valence-corrected chi connectivity index (χ3v) is 16.6. The summed E-state index contributed by atoms with van der Waals surface area (Å²) in [7, 11) is -0.862. The van der Waals surface area contributed by atoms with Crippen LogP contribution in [0.5, 0.6) is 11.5 Å². The van der Waals surface area contributed by atoms with Gasteiger partial charge >= 0.3 is 16.2 Å². The van der Waals surface area contributed by atoms with E-state index in [1.54, 1.807) is 35.6 Å². The number of rotatable bonds is 10. The Morgan fingerprint density at radius 3 is 2.39 bits per heavy atom. The lowest BCUT2D eigenvalue weighted by Crippen LogP contribution is -2.60. The number of aromatic nitrogens is 4. The van der Waals surface area contributed by atoms with Gasteiger partial charge in [0.2, 0.25) is 5.91 Å². The van der Waals surface area contributed by atoms with Gasteiger partial charge in [-0.15, -0.1) is 0 Å². The van der Waals surface area contributed by atoms with Crippen molar-refractivity contribution in [3.63, 3.8) is 0 Å². The number of ether oxygens (including phenoxy) is 1. The molecule has 5 fully saturated rings. The van der Waals surface area contributed by atoms with E-state index in [0.29, 0.717) is 28.5 Å². The molecule has 20 heteroatoms. The lowest BCUT2D eigenvalue weighted by molar-refractivity contribution is -0.120. The van der Waals surface area contributed by atoms with Crippen molar-refractivity contribution in [2.75, 3.05) is 60.8 Å². The van der Waals surface area contributed by atoms with Crippen LogP contribution in [0.25, 0.3) is 21.8 Å². The number of benzene rings is 3. The second kappa shape index (κ2) is 16.3. The van der Waals surface area contributed by atoms with Crippen LogP contribution in [-0.2, 0) is 22.1 Å². The number of likely N-dealkylation sites (tertiary alicyclic amines) is 1. The largest absolute Gasteiger partial charge is 0.453 e. The van der Waals surface area contributed by atoms with E-state index >= 15 is 8.78 Å². The first-order valence-corrected chi connectivity index (χ1v) is 23.9. The van der Waals surface area contributed by atoms with Gasteiger partial charge in [-0.3, -0.25) is 33.8 Å². The van der Waals surface area contributed by atoms with Crippen LogP contribution in [0.4, 0.5) is 30.8 Å². The lowest BCUT2D eigenvalue weighted by Gasteiger charge is -2.57. The molecule has 2 N–H and O–H groups in total. The third-order valence-electron chi connectivity index (χ3n) is 15.0. The second-order valence-corrected chi connectivity index (χ2v) is 20.7. The summed E-state index contributed by atoms with van der Waals surface area (Å²) >= 11 is 0. The van der Waals surface area contributed by atoms with Crippen LogP contribution < -0.4 is 30.1 Å². The van der Waals surface area contributed by atoms with Crippen molar-refractivity contribution in [1.29, 1.82) is 5.26 Å². The van der Waals surface area contributed by atoms with Gasteiger partial charge in [0.05, 0.1) is 34.1 Å². The number of hydrogen-bond donors (Lipinski definition) is 2. The zero-order valence-electron chi connectivity index (χ0n) is 37.0. The number of carbonyl (C=O) groups excluding carboxylic acids is 2. The number of piperidine rings is 1. The zero-order valence-corrected chi connectivity index (χ0v) is 37.8. The van der Waals surface area contributed by atoms with Gasteiger partial charge in [-0.05, 0) is 112 Å². The van der Waals surface area contributed by atoms with Crippen molar-refractivity contribution >= 4 is 61.1 Å². The molecule has 3 saturated heterocycles. The second-order valence-electron chi connectivity index (χ2n) is 18.9. The number of nitrogens with one attached hydrogen (secondary N) is 2. The summed E-state index contributed by atoms with van der Waals surface area (Å²) in [6.07, 6.45) is 9.99. The highest BCUT2D eigenvalue weighted by molar-refractivity contribution is 7.90. The summed E-state index contributed by atoms with van der Waals surface area (Å²) in [5.74, 6) is -1.59. The first-order chi connectivity index (χ1) is 31.6. The molecule has 5 heterocycles. The topological polar surface area (TPSA) is 191 Å². The predicted octanol–water partition coefficient (Wildman–Crippen LogP) is 6.15. The summed E-state index contributed by atoms with van der Waals surface area (Å²) in [4.78, 5) is 48.9. The molecule has 2 spiro atoms. The van der Waals surface area contributed by atoms with Crippen molar-refractivity contribution in [3.05, 3.63) is 76.3 Å². The SMILES string of the molecule is CCN(C)S(=O)(=O)Nc1ccc(F)c(Oc2ccc3ncn(C4CC5(CCN(C6CCC7(CC6)CN(c6cc8c(cc6F)c(N6CCC(=O)NC6=O)nn8C)C7)CC5)C4)c(=O)c3c2)c1C#N. The summed E-state index contributed by atoms with van der Waals surface area (Å²) in [6.45, 7) is 5.62. The van der Waals surface area contributed by atoms with Crippen molar-refractivity contribution in [1.82, 2.24) is 33.9 Å². The molecule has 346 valence electrons. The van der Waals surface area contributed by atoms with Crippen LogP contribution in [0.3, 0.4) is 0 Å². The molecule has 10 rings (SSSR count). The van der Waals surface area contributed by atoms with Gasteiger partial charge in [0.1, 0.15) is 23.2 Å². The van der Waals surface area contributed by atoms with Crippen molar-refractivity contribution < 1.29 is 31.5 Å². The van der Waals surface area contributed by atoms with E-state index in [9.17, 15) is 28.1 Å². The van der Waals surface area contributed by atoms with E-state index in [4.69, 9.17) is 4.74 Å². The Kier molecular flexibility index (Phi) is 10.8. The standard InChI is InChI=1S/C46H51F2N11O6S/c1-4-54(2)66(63,64)53-37-8-6-34(47)41(33(37)24-49)65-30-5-7-36-31(19-30)43(61)59(27-50-36)29-22-45(23-29)14-17-56(18-15-45)28-9-12-46(13-10-28)25-57(26-46)39-21-38-32(20-35(39)48)42(52-55(38)3)58-16-11-40(60)51-44(58)62/h5-8,19-21,27-29,53H,4,9-18,22-23,25-26H2,1-3H3,(H,51,60,62). The fourth-order valence-corrected chi connectivity index (χ4v) is 11.9. The van der Waals surface area contributed by atoms with Crippen LogP contribution in [-0.4, -0.2) is 101 Å². The van der Waals surface area contributed by atoms with Gasteiger partial charge in [-0.25, -0.2) is 18.6 Å². The summed E-state index contributed by atoms with van der Waals surface area (Å²) in [6, 6.07) is 11.9. The maximum atomic E-state index is 15.7. The van der Waals surface area contributed by atoms with Crippen LogP contribution in [0.2, 0.25) is 0 Å². The molecule has 2 aliphatic carbocycles. The number of urea groups is 1. The highest BCUT2D eigenvalue weighted by Crippen LogP contribution is 2.55. The van der Waals surface area contributed by atoms with E-state index in [-0.39, 0.29) is 76.1 Å². The Balaban J connectivity index is 0.738. The Labute approximate surface area is 380 Å². The summed E-state index contributed by atoms with van der Waals surface area (Å²) in [5, 5.41) is 17.6. The summed E-state index contributed by atoms with van der Waals surface area (Å²) < 4.78 is 68.8. The van der Waals surface area contributed by atoms with Gasteiger partial charge in [-0.2, -0.15) is 23.1 Å². The molecule has 2 aromatic heterocycles. The maximum absolute atomic E-state index is 15.7. The quantitative estimate of drug-likeness (QED) is 0.164. The number of anilines is 3. The average Bonchev–Trinajstić information content (AvgIpc) is 3.59. The maximum Gasteiger partial charge on any atom is 0.329 e. The Hall–Kier alpha value is -6.17. The van der Waals surface area contributed by atoms with Gasteiger partial charge in [0.15, 0.2) is 17.4 Å². The minimum atomic E-state index is -4.01. The van der Waals surface area contributed by atoms with Crippen LogP contribution in [0, 0.1) is 33.8 Å². The van der Waals surface area contributed by atoms with E-state index in [0.717, 1.165) is 99.5 Å². The normalized spacial score (nSPS) is 21.0. The summed E-state index contributed by atoms with van der Waals surface area (Å²) in [5.41, 5.74) is 1.31. The van der Waals surface area contributed by atoms with Crippen LogP contribution >= 0.6 is 0 Å². The Bertz CT molecular complexity index is 3010. The number of halogens is 2. The number of imide groups is 1.